The highest BCUT2D eigenvalue weighted by molar-refractivity contribution is 6.03. The molecule has 2 N–H and O–H groups in total. The number of hydrogen-bond donors (Lipinski definition) is 2. The van der Waals surface area contributed by atoms with Crippen LogP contribution in [-0.2, 0) is 4.79 Å². The van der Waals surface area contributed by atoms with Crippen LogP contribution in [-0.4, -0.2) is 38.3 Å². The van der Waals surface area contributed by atoms with Crippen molar-refractivity contribution in [3.05, 3.63) is 71.8 Å². The number of nitrogens with zero attached hydrogens (tertiary/aromatic N) is 1. The van der Waals surface area contributed by atoms with Gasteiger partial charge in [0.1, 0.15) is 11.5 Å². The van der Waals surface area contributed by atoms with Gasteiger partial charge in [-0.05, 0) is 48.0 Å². The lowest BCUT2D eigenvalue weighted by atomic mass is 10.0. The zero-order valence-corrected chi connectivity index (χ0v) is 16.8. The van der Waals surface area contributed by atoms with Crippen molar-refractivity contribution in [3.8, 4) is 11.5 Å². The summed E-state index contributed by atoms with van der Waals surface area (Å²) in [5, 5.41) is 8.60. The van der Waals surface area contributed by atoms with Gasteiger partial charge >= 0.3 is 0 Å². The predicted molar refractivity (Wildman–Crippen MR) is 116 cm³/mol. The van der Waals surface area contributed by atoms with E-state index in [-0.39, 0.29) is 12.5 Å². The van der Waals surface area contributed by atoms with Crippen molar-refractivity contribution < 1.29 is 19.1 Å². The van der Waals surface area contributed by atoms with Gasteiger partial charge < -0.3 is 14.8 Å². The van der Waals surface area contributed by atoms with Crippen LogP contribution in [0, 0.1) is 0 Å². The van der Waals surface area contributed by atoms with Gasteiger partial charge in [0.2, 0.25) is 0 Å². The van der Waals surface area contributed by atoms with Gasteiger partial charge in [-0.25, -0.2) is 5.43 Å². The molecule has 0 heterocycles. The van der Waals surface area contributed by atoms with Crippen molar-refractivity contribution in [2.24, 2.45) is 5.10 Å². The molecule has 0 aromatic heterocycles. The maximum Gasteiger partial charge on any atom is 0.259 e. The van der Waals surface area contributed by atoms with Crippen LogP contribution in [0.1, 0.15) is 22.8 Å². The minimum absolute atomic E-state index is 0.198. The van der Waals surface area contributed by atoms with Gasteiger partial charge in [-0.15, -0.1) is 0 Å². The molecule has 3 aromatic rings. The van der Waals surface area contributed by atoms with Gasteiger partial charge in [-0.3, -0.25) is 9.59 Å². The second kappa shape index (κ2) is 10.1. The second-order valence-electron chi connectivity index (χ2n) is 6.34. The third kappa shape index (κ3) is 5.14. The number of hydrazone groups is 1. The van der Waals surface area contributed by atoms with E-state index < -0.39 is 5.91 Å². The molecule has 3 rings (SSSR count). The Morgan fingerprint density at radius 3 is 2.53 bits per heavy atom. The number of carbonyl (C=O) groups is 2. The van der Waals surface area contributed by atoms with Gasteiger partial charge in [0.25, 0.3) is 11.8 Å². The van der Waals surface area contributed by atoms with Crippen LogP contribution >= 0.6 is 0 Å². The van der Waals surface area contributed by atoms with E-state index in [2.05, 4.69) is 15.8 Å². The fourth-order valence-electron chi connectivity index (χ4n) is 2.90. The van der Waals surface area contributed by atoms with E-state index in [9.17, 15) is 9.59 Å². The van der Waals surface area contributed by atoms with Gasteiger partial charge in [0.15, 0.2) is 0 Å². The SMILES string of the molecule is CCOc1ccc2ccccc2c1C=NNC(=O)CNC(=O)c1ccc(OC)cc1. The Hall–Kier alpha value is -3.87. The molecule has 0 unspecified atom stereocenters. The highest BCUT2D eigenvalue weighted by atomic mass is 16.5. The number of carbonyl (C=O) groups excluding carboxylic acids is 2. The highest BCUT2D eigenvalue weighted by Crippen LogP contribution is 2.26. The Labute approximate surface area is 174 Å². The van der Waals surface area contributed by atoms with Crippen LogP contribution in [0.3, 0.4) is 0 Å². The van der Waals surface area contributed by atoms with E-state index in [1.54, 1.807) is 37.6 Å². The van der Waals surface area contributed by atoms with E-state index in [0.29, 0.717) is 23.7 Å². The molecule has 0 atom stereocenters. The highest BCUT2D eigenvalue weighted by Gasteiger charge is 2.09. The molecule has 0 radical (unpaired) electrons. The summed E-state index contributed by atoms with van der Waals surface area (Å²) in [7, 11) is 1.55. The number of ether oxygens (including phenoxy) is 2. The van der Waals surface area contributed by atoms with Crippen molar-refractivity contribution in [3.63, 3.8) is 0 Å². The molecule has 0 bridgehead atoms. The average molecular weight is 405 g/mol. The van der Waals surface area contributed by atoms with E-state index in [0.717, 1.165) is 16.3 Å². The van der Waals surface area contributed by atoms with Crippen molar-refractivity contribution in [2.75, 3.05) is 20.3 Å². The zero-order valence-electron chi connectivity index (χ0n) is 16.8. The monoisotopic (exact) mass is 405 g/mol. The average Bonchev–Trinajstić information content (AvgIpc) is 2.78. The maximum atomic E-state index is 12.1. The van der Waals surface area contributed by atoms with Gasteiger partial charge in [0.05, 0.1) is 26.5 Å². The minimum Gasteiger partial charge on any atom is -0.497 e. The minimum atomic E-state index is -0.439. The molecule has 7 heteroatoms. The number of methoxy groups -OCH3 is 1. The molecular weight excluding hydrogens is 382 g/mol. The van der Waals surface area contributed by atoms with Crippen molar-refractivity contribution in [2.45, 2.75) is 6.92 Å². The first-order chi connectivity index (χ1) is 14.6. The smallest absolute Gasteiger partial charge is 0.259 e. The van der Waals surface area contributed by atoms with Crippen LogP contribution in [0.2, 0.25) is 0 Å². The first kappa shape index (κ1) is 20.9. The quantitative estimate of drug-likeness (QED) is 0.445. The molecule has 0 spiro atoms. The normalized spacial score (nSPS) is 10.7. The summed E-state index contributed by atoms with van der Waals surface area (Å²) < 4.78 is 10.7. The Bertz CT molecular complexity index is 1060. The number of rotatable bonds is 8. The molecule has 0 aliphatic heterocycles. The first-order valence-electron chi connectivity index (χ1n) is 9.51. The summed E-state index contributed by atoms with van der Waals surface area (Å²) in [6, 6.07) is 18.3. The molecule has 30 heavy (non-hydrogen) atoms. The van der Waals surface area contributed by atoms with E-state index in [1.165, 1.54) is 0 Å². The largest absolute Gasteiger partial charge is 0.497 e. The van der Waals surface area contributed by atoms with Crippen molar-refractivity contribution in [1.82, 2.24) is 10.7 Å². The summed E-state index contributed by atoms with van der Waals surface area (Å²) in [5.74, 6) is 0.538. The maximum absolute atomic E-state index is 12.1. The molecule has 0 aliphatic rings. The summed E-state index contributed by atoms with van der Waals surface area (Å²) in [6.45, 7) is 2.22. The molecule has 7 nitrogen and oxygen atoms in total. The van der Waals surface area contributed by atoms with Gasteiger partial charge in [-0.2, -0.15) is 5.10 Å². The molecule has 0 saturated carbocycles. The van der Waals surface area contributed by atoms with Crippen LogP contribution in [0.5, 0.6) is 11.5 Å². The molecule has 0 fully saturated rings. The number of benzene rings is 3. The number of nitrogens with one attached hydrogen (secondary N) is 2. The van der Waals surface area contributed by atoms with Crippen molar-refractivity contribution in [1.29, 1.82) is 0 Å². The summed E-state index contributed by atoms with van der Waals surface area (Å²) in [6.07, 6.45) is 1.55. The molecule has 0 aliphatic carbocycles. The van der Waals surface area contributed by atoms with Crippen molar-refractivity contribution >= 4 is 28.8 Å². The van der Waals surface area contributed by atoms with Crippen LogP contribution in [0.4, 0.5) is 0 Å². The Morgan fingerprint density at radius 2 is 1.80 bits per heavy atom. The number of amides is 2. The lowest BCUT2D eigenvalue weighted by Gasteiger charge is -2.10. The van der Waals surface area contributed by atoms with Crippen LogP contribution in [0.25, 0.3) is 10.8 Å². The molecule has 0 saturated heterocycles. The molecular formula is C23H23N3O4. The van der Waals surface area contributed by atoms with Crippen LogP contribution < -0.4 is 20.2 Å². The lowest BCUT2D eigenvalue weighted by molar-refractivity contribution is -0.120. The zero-order chi connectivity index (χ0) is 21.3. The molecule has 2 amide bonds. The number of fused-ring (bicyclic) bond motifs is 1. The van der Waals surface area contributed by atoms with E-state index >= 15 is 0 Å². The summed E-state index contributed by atoms with van der Waals surface area (Å²) in [5.41, 5.74) is 3.64. The third-order valence-corrected chi connectivity index (χ3v) is 4.38. The standard InChI is InChI=1S/C23H23N3O4/c1-3-30-21-13-10-16-6-4-5-7-19(16)20(21)14-25-26-22(27)15-24-23(28)17-8-11-18(29-2)12-9-17/h4-14H,3,15H2,1-2H3,(H,24,28)(H,26,27). The number of hydrogen-bond acceptors (Lipinski definition) is 5. The third-order valence-electron chi connectivity index (χ3n) is 4.38. The predicted octanol–water partition coefficient (Wildman–Crippen LogP) is 3.13. The fourth-order valence-corrected chi connectivity index (χ4v) is 2.90. The molecule has 3 aromatic carbocycles. The Kier molecular flexibility index (Phi) is 7.00. The van der Waals surface area contributed by atoms with Gasteiger partial charge in [0, 0.05) is 11.1 Å². The van der Waals surface area contributed by atoms with Gasteiger partial charge in [-0.1, -0.05) is 30.3 Å². The Balaban J connectivity index is 1.61. The van der Waals surface area contributed by atoms with Crippen LogP contribution in [0.15, 0.2) is 65.8 Å². The van der Waals surface area contributed by atoms with E-state index in [4.69, 9.17) is 9.47 Å². The molecule has 154 valence electrons. The van der Waals surface area contributed by atoms with E-state index in [1.807, 2.05) is 43.3 Å². The summed E-state index contributed by atoms with van der Waals surface area (Å²) >= 11 is 0. The summed E-state index contributed by atoms with van der Waals surface area (Å²) in [4.78, 5) is 24.2. The fraction of sp³-hybridized carbons (Fsp3) is 0.174. The first-order valence-corrected chi connectivity index (χ1v) is 9.51. The second-order valence-corrected chi connectivity index (χ2v) is 6.34. The topological polar surface area (TPSA) is 89.0 Å². The Morgan fingerprint density at radius 1 is 1.03 bits per heavy atom. The lowest BCUT2D eigenvalue weighted by Crippen LogP contribution is -2.34.